The second-order valence-corrected chi connectivity index (χ2v) is 6.09. The molecule has 0 aliphatic carbocycles. The van der Waals surface area contributed by atoms with E-state index in [1.54, 1.807) is 29.4 Å². The SMILES string of the molecule is O=[C]C(=S)C1OC2C(=Cc3cccs3)SCN12. The van der Waals surface area contributed by atoms with Crippen molar-refractivity contribution in [2.45, 2.75) is 12.5 Å². The van der Waals surface area contributed by atoms with Crippen LogP contribution in [0.4, 0.5) is 0 Å². The molecule has 2 fully saturated rings. The van der Waals surface area contributed by atoms with Gasteiger partial charge in [0.25, 0.3) is 0 Å². The number of hydrogen-bond donors (Lipinski definition) is 0. The fraction of sp³-hybridized carbons (Fsp3) is 0.273. The van der Waals surface area contributed by atoms with E-state index in [4.69, 9.17) is 17.0 Å². The van der Waals surface area contributed by atoms with Gasteiger partial charge in [-0.05, 0) is 17.5 Å². The monoisotopic (exact) mass is 282 g/mol. The van der Waals surface area contributed by atoms with Crippen LogP contribution in [0.3, 0.4) is 0 Å². The van der Waals surface area contributed by atoms with E-state index in [0.29, 0.717) is 0 Å². The van der Waals surface area contributed by atoms with Crippen LogP contribution in [0.2, 0.25) is 0 Å². The van der Waals surface area contributed by atoms with Crippen LogP contribution in [0, 0.1) is 0 Å². The number of carbonyl (C=O) groups excluding carboxylic acids is 1. The third-order valence-electron chi connectivity index (χ3n) is 2.64. The van der Waals surface area contributed by atoms with Crippen molar-refractivity contribution in [2.24, 2.45) is 0 Å². The minimum atomic E-state index is -0.353. The topological polar surface area (TPSA) is 29.5 Å². The Hall–Kier alpha value is -0.530. The molecule has 0 amide bonds. The third-order valence-corrected chi connectivity index (χ3v) is 4.82. The van der Waals surface area contributed by atoms with E-state index in [2.05, 4.69) is 17.0 Å². The van der Waals surface area contributed by atoms with Gasteiger partial charge in [-0.1, -0.05) is 18.3 Å². The van der Waals surface area contributed by atoms with Gasteiger partial charge in [0, 0.05) is 9.78 Å². The molecule has 2 atom stereocenters. The Morgan fingerprint density at radius 1 is 1.71 bits per heavy atom. The number of fused-ring (bicyclic) bond motifs is 1. The molecular weight excluding hydrogens is 274 g/mol. The van der Waals surface area contributed by atoms with Gasteiger partial charge in [-0.15, -0.1) is 23.1 Å². The summed E-state index contributed by atoms with van der Waals surface area (Å²) in [7, 11) is 0. The number of ether oxygens (including phenoxy) is 1. The lowest BCUT2D eigenvalue weighted by Gasteiger charge is -2.42. The lowest BCUT2D eigenvalue weighted by atomic mass is 10.2. The molecule has 1 aromatic heterocycles. The van der Waals surface area contributed by atoms with E-state index in [1.165, 1.54) is 9.78 Å². The lowest BCUT2D eigenvalue weighted by Crippen LogP contribution is -2.58. The predicted octanol–water partition coefficient (Wildman–Crippen LogP) is 2.26. The molecule has 0 spiro atoms. The van der Waals surface area contributed by atoms with Crippen molar-refractivity contribution in [2.75, 3.05) is 5.88 Å². The van der Waals surface area contributed by atoms with Crippen LogP contribution in [0.25, 0.3) is 6.08 Å². The highest BCUT2D eigenvalue weighted by Gasteiger charge is 2.48. The van der Waals surface area contributed by atoms with E-state index >= 15 is 0 Å². The van der Waals surface area contributed by atoms with Crippen LogP contribution in [0.1, 0.15) is 4.88 Å². The number of rotatable bonds is 3. The van der Waals surface area contributed by atoms with Crippen molar-refractivity contribution in [3.63, 3.8) is 0 Å². The zero-order chi connectivity index (χ0) is 11.8. The maximum absolute atomic E-state index is 10.5. The molecule has 1 radical (unpaired) electrons. The fourth-order valence-electron chi connectivity index (χ4n) is 1.82. The van der Waals surface area contributed by atoms with E-state index < -0.39 is 0 Å². The minimum Gasteiger partial charge on any atom is -0.334 e. The van der Waals surface area contributed by atoms with Gasteiger partial charge in [0.15, 0.2) is 6.23 Å². The van der Waals surface area contributed by atoms with Gasteiger partial charge in [-0.2, -0.15) is 0 Å². The normalized spacial score (nSPS) is 30.0. The molecular formula is C11H8NO2S3. The number of thiophene rings is 1. The highest BCUT2D eigenvalue weighted by molar-refractivity contribution is 8.03. The molecule has 87 valence electrons. The van der Waals surface area contributed by atoms with E-state index in [9.17, 15) is 4.79 Å². The Morgan fingerprint density at radius 3 is 3.29 bits per heavy atom. The highest BCUT2D eigenvalue weighted by Crippen LogP contribution is 2.43. The molecule has 0 N–H and O–H groups in total. The first-order chi connectivity index (χ1) is 8.29. The summed E-state index contributed by atoms with van der Waals surface area (Å²) in [6.07, 6.45) is 3.48. The van der Waals surface area contributed by atoms with Crippen LogP contribution in [-0.4, -0.2) is 34.4 Å². The second kappa shape index (κ2) is 4.62. The summed E-state index contributed by atoms with van der Waals surface area (Å²) in [4.78, 5) is 15.1. The Balaban J connectivity index is 1.74. The number of thioether (sulfide) groups is 1. The number of nitrogens with zero attached hydrogens (tertiary/aromatic N) is 1. The summed E-state index contributed by atoms with van der Waals surface area (Å²) >= 11 is 8.32. The lowest BCUT2D eigenvalue weighted by molar-refractivity contribution is -0.213. The van der Waals surface area contributed by atoms with Crippen molar-refractivity contribution in [3.8, 4) is 0 Å². The summed E-state index contributed by atoms with van der Waals surface area (Å²) in [5.74, 6) is 0.814. The Labute approximate surface area is 112 Å². The number of thiocarbonyl (C=S) groups is 1. The van der Waals surface area contributed by atoms with Crippen LogP contribution in [0.15, 0.2) is 22.4 Å². The van der Waals surface area contributed by atoms with Crippen LogP contribution in [-0.2, 0) is 9.53 Å². The van der Waals surface area contributed by atoms with E-state index in [0.717, 1.165) is 5.88 Å². The molecule has 0 saturated carbocycles. The van der Waals surface area contributed by atoms with Gasteiger partial charge in [0.05, 0.1) is 5.88 Å². The molecule has 3 heterocycles. The van der Waals surface area contributed by atoms with Gasteiger partial charge in [-0.3, -0.25) is 4.79 Å². The summed E-state index contributed by atoms with van der Waals surface area (Å²) in [6, 6.07) is 4.09. The molecule has 3 rings (SSSR count). The largest absolute Gasteiger partial charge is 0.334 e. The molecule has 2 saturated heterocycles. The fourth-order valence-corrected chi connectivity index (χ4v) is 3.86. The van der Waals surface area contributed by atoms with E-state index in [-0.39, 0.29) is 17.3 Å². The van der Waals surface area contributed by atoms with Crippen molar-refractivity contribution in [3.05, 3.63) is 27.3 Å². The first kappa shape index (κ1) is 11.6. The van der Waals surface area contributed by atoms with Crippen LogP contribution >= 0.6 is 35.3 Å². The third kappa shape index (κ3) is 2.00. The van der Waals surface area contributed by atoms with Gasteiger partial charge >= 0.3 is 0 Å². The Kier molecular flexibility index (Phi) is 3.14. The highest BCUT2D eigenvalue weighted by atomic mass is 32.2. The Morgan fingerprint density at radius 2 is 2.59 bits per heavy atom. The first-order valence-corrected chi connectivity index (χ1v) is 7.28. The zero-order valence-electron chi connectivity index (χ0n) is 8.66. The molecule has 2 aliphatic rings. The molecule has 2 aliphatic heterocycles. The molecule has 0 bridgehead atoms. The van der Waals surface area contributed by atoms with Crippen molar-refractivity contribution in [1.29, 1.82) is 0 Å². The second-order valence-electron chi connectivity index (χ2n) is 3.66. The van der Waals surface area contributed by atoms with Crippen LogP contribution in [0.5, 0.6) is 0 Å². The van der Waals surface area contributed by atoms with Gasteiger partial charge in [0.2, 0.25) is 6.29 Å². The van der Waals surface area contributed by atoms with Crippen LogP contribution < -0.4 is 0 Å². The van der Waals surface area contributed by atoms with Gasteiger partial charge in [0.1, 0.15) is 11.1 Å². The summed E-state index contributed by atoms with van der Waals surface area (Å²) < 4.78 is 5.61. The van der Waals surface area contributed by atoms with Crippen molar-refractivity contribution < 1.29 is 9.53 Å². The summed E-state index contributed by atoms with van der Waals surface area (Å²) in [5.41, 5.74) is 0. The zero-order valence-corrected chi connectivity index (χ0v) is 11.1. The summed E-state index contributed by atoms with van der Waals surface area (Å²) in [5, 5.41) is 2.05. The minimum absolute atomic E-state index is 0.0293. The van der Waals surface area contributed by atoms with Crippen molar-refractivity contribution >= 4 is 52.5 Å². The smallest absolute Gasteiger partial charge is 0.244 e. The molecule has 0 aromatic carbocycles. The van der Waals surface area contributed by atoms with Crippen molar-refractivity contribution in [1.82, 2.24) is 4.90 Å². The average molecular weight is 282 g/mol. The van der Waals surface area contributed by atoms with E-state index in [1.807, 2.05) is 11.4 Å². The average Bonchev–Trinajstić information content (AvgIpc) is 2.89. The van der Waals surface area contributed by atoms with Gasteiger partial charge in [-0.25, -0.2) is 4.90 Å². The standard InChI is InChI=1S/C11H8NO2S3/c13-5-8(15)10-12-6-17-9(11(12)14-10)4-7-2-1-3-16-7/h1-4,10-11H,6H2. The first-order valence-electron chi connectivity index (χ1n) is 5.00. The quantitative estimate of drug-likeness (QED) is 0.793. The maximum atomic E-state index is 10.5. The molecule has 2 unspecified atom stereocenters. The predicted molar refractivity (Wildman–Crippen MR) is 73.5 cm³/mol. The maximum Gasteiger partial charge on any atom is 0.244 e. The molecule has 1 aromatic rings. The molecule has 6 heteroatoms. The summed E-state index contributed by atoms with van der Waals surface area (Å²) in [6.45, 7) is 0. The molecule has 17 heavy (non-hydrogen) atoms. The van der Waals surface area contributed by atoms with Gasteiger partial charge < -0.3 is 4.74 Å². The number of hydrogen-bond acceptors (Lipinski definition) is 6. The Bertz CT molecular complexity index is 483. The molecule has 3 nitrogen and oxygen atoms in total.